The first-order valence-corrected chi connectivity index (χ1v) is 12.1. The molecule has 0 saturated heterocycles. The molecule has 2 N–H and O–H groups in total. The molecule has 2 unspecified atom stereocenters. The molecule has 2 heterocycles. The maximum absolute atomic E-state index is 10.9. The summed E-state index contributed by atoms with van der Waals surface area (Å²) in [6, 6.07) is 17.0. The first kappa shape index (κ1) is 22.5. The molecular formula is C28H35N3O. The summed E-state index contributed by atoms with van der Waals surface area (Å²) in [5.41, 5.74) is 6.83. The van der Waals surface area contributed by atoms with E-state index in [2.05, 4.69) is 74.6 Å². The highest BCUT2D eigenvalue weighted by atomic mass is 16.3. The standard InChI is InChI=1S/C28H35N3O/c1-4-5-6-7-8-9-23-18-24(32)27-28(29-23)31-26(22-16-12-20(3)13-17-22)25(30-27)21-14-10-19(2)11-15-21/h10-17,23-24,32H,4-9,18H2,1-3H3,(H,29,31). The van der Waals surface area contributed by atoms with E-state index in [1.807, 2.05) is 0 Å². The maximum atomic E-state index is 10.9. The van der Waals surface area contributed by atoms with Crippen LogP contribution in [0.2, 0.25) is 0 Å². The molecule has 4 rings (SSSR count). The van der Waals surface area contributed by atoms with Gasteiger partial charge in [0, 0.05) is 17.2 Å². The monoisotopic (exact) mass is 429 g/mol. The van der Waals surface area contributed by atoms with Gasteiger partial charge in [0.1, 0.15) is 11.8 Å². The van der Waals surface area contributed by atoms with Crippen LogP contribution in [0, 0.1) is 13.8 Å². The van der Waals surface area contributed by atoms with E-state index in [0.29, 0.717) is 12.1 Å². The third-order valence-electron chi connectivity index (χ3n) is 6.39. The largest absolute Gasteiger partial charge is 0.387 e. The van der Waals surface area contributed by atoms with Gasteiger partial charge >= 0.3 is 0 Å². The highest BCUT2D eigenvalue weighted by Gasteiger charge is 2.29. The molecule has 3 aromatic rings. The number of nitrogens with one attached hydrogen (secondary N) is 1. The first-order valence-electron chi connectivity index (χ1n) is 12.1. The van der Waals surface area contributed by atoms with Gasteiger partial charge < -0.3 is 10.4 Å². The lowest BCUT2D eigenvalue weighted by atomic mass is 9.95. The Balaban J connectivity index is 1.67. The van der Waals surface area contributed by atoms with Gasteiger partial charge in [-0.05, 0) is 26.7 Å². The number of fused-ring (bicyclic) bond motifs is 1. The second-order valence-corrected chi connectivity index (χ2v) is 9.18. The van der Waals surface area contributed by atoms with Gasteiger partial charge in [0.2, 0.25) is 0 Å². The Kier molecular flexibility index (Phi) is 7.21. The quantitative estimate of drug-likeness (QED) is 0.378. The number of hydrogen-bond donors (Lipinski definition) is 2. The predicted octanol–water partition coefficient (Wildman–Crippen LogP) is 7.01. The van der Waals surface area contributed by atoms with Crippen LogP contribution in [-0.4, -0.2) is 21.1 Å². The lowest BCUT2D eigenvalue weighted by Gasteiger charge is -2.30. The van der Waals surface area contributed by atoms with Crippen molar-refractivity contribution in [2.24, 2.45) is 0 Å². The number of anilines is 1. The van der Waals surface area contributed by atoms with Crippen molar-refractivity contribution in [3.05, 3.63) is 65.4 Å². The molecule has 4 heteroatoms. The van der Waals surface area contributed by atoms with Crippen LogP contribution >= 0.6 is 0 Å². The van der Waals surface area contributed by atoms with Crippen molar-refractivity contribution >= 4 is 5.82 Å². The molecule has 0 aliphatic carbocycles. The minimum Gasteiger partial charge on any atom is -0.387 e. The Hall–Kier alpha value is -2.72. The van der Waals surface area contributed by atoms with Crippen LogP contribution in [-0.2, 0) is 0 Å². The highest BCUT2D eigenvalue weighted by molar-refractivity contribution is 5.79. The zero-order valence-corrected chi connectivity index (χ0v) is 19.6. The summed E-state index contributed by atoms with van der Waals surface area (Å²) < 4.78 is 0. The van der Waals surface area contributed by atoms with Crippen molar-refractivity contribution in [3.63, 3.8) is 0 Å². The van der Waals surface area contributed by atoms with E-state index in [0.717, 1.165) is 34.8 Å². The second-order valence-electron chi connectivity index (χ2n) is 9.18. The van der Waals surface area contributed by atoms with Crippen molar-refractivity contribution in [2.75, 3.05) is 5.32 Å². The van der Waals surface area contributed by atoms with E-state index in [4.69, 9.17) is 9.97 Å². The summed E-state index contributed by atoms with van der Waals surface area (Å²) in [5, 5.41) is 14.5. The molecule has 0 fully saturated rings. The summed E-state index contributed by atoms with van der Waals surface area (Å²) in [6.07, 6.45) is 7.44. The van der Waals surface area contributed by atoms with Gasteiger partial charge in [0.25, 0.3) is 0 Å². The minimum atomic E-state index is -0.587. The smallest absolute Gasteiger partial charge is 0.151 e. The fourth-order valence-corrected chi connectivity index (χ4v) is 4.43. The summed E-state index contributed by atoms with van der Waals surface area (Å²) >= 11 is 0. The Morgan fingerprint density at radius 3 is 1.97 bits per heavy atom. The normalized spacial score (nSPS) is 17.6. The van der Waals surface area contributed by atoms with Crippen LogP contribution in [0.4, 0.5) is 5.82 Å². The summed E-state index contributed by atoms with van der Waals surface area (Å²) in [7, 11) is 0. The van der Waals surface area contributed by atoms with Crippen molar-refractivity contribution in [1.29, 1.82) is 0 Å². The van der Waals surface area contributed by atoms with E-state index in [1.54, 1.807) is 0 Å². The molecule has 2 atom stereocenters. The van der Waals surface area contributed by atoms with Gasteiger partial charge in [-0.25, -0.2) is 9.97 Å². The molecule has 0 amide bonds. The number of rotatable bonds is 8. The molecule has 1 aliphatic heterocycles. The molecule has 0 bridgehead atoms. The fourth-order valence-electron chi connectivity index (χ4n) is 4.43. The van der Waals surface area contributed by atoms with Crippen LogP contribution < -0.4 is 5.32 Å². The van der Waals surface area contributed by atoms with Gasteiger partial charge in [-0.3, -0.25) is 0 Å². The maximum Gasteiger partial charge on any atom is 0.151 e. The number of aromatic nitrogens is 2. The Morgan fingerprint density at radius 1 is 0.812 bits per heavy atom. The van der Waals surface area contributed by atoms with Gasteiger partial charge in [-0.1, -0.05) is 98.7 Å². The molecule has 0 spiro atoms. The molecule has 32 heavy (non-hydrogen) atoms. The number of aliphatic hydroxyl groups is 1. The van der Waals surface area contributed by atoms with Crippen LogP contribution in [0.3, 0.4) is 0 Å². The SMILES string of the molecule is CCCCCCCC1CC(O)c2nc(-c3ccc(C)cc3)c(-c3ccc(C)cc3)nc2N1. The van der Waals surface area contributed by atoms with E-state index >= 15 is 0 Å². The average Bonchev–Trinajstić information content (AvgIpc) is 2.79. The highest BCUT2D eigenvalue weighted by Crippen LogP contribution is 2.37. The molecule has 1 aromatic heterocycles. The van der Waals surface area contributed by atoms with Gasteiger partial charge in [-0.2, -0.15) is 0 Å². The van der Waals surface area contributed by atoms with Crippen molar-refractivity contribution in [2.45, 2.75) is 77.9 Å². The molecular weight excluding hydrogens is 394 g/mol. The molecule has 1 aliphatic rings. The third kappa shape index (κ3) is 5.18. The molecule has 0 saturated carbocycles. The molecule has 168 valence electrons. The third-order valence-corrected chi connectivity index (χ3v) is 6.39. The predicted molar refractivity (Wildman–Crippen MR) is 133 cm³/mol. The summed E-state index contributed by atoms with van der Waals surface area (Å²) in [5.74, 6) is 0.730. The lowest BCUT2D eigenvalue weighted by Crippen LogP contribution is -2.30. The van der Waals surface area contributed by atoms with Gasteiger partial charge in [0.05, 0.1) is 11.4 Å². The van der Waals surface area contributed by atoms with Crippen LogP contribution in [0.15, 0.2) is 48.5 Å². The summed E-state index contributed by atoms with van der Waals surface area (Å²) in [6.45, 7) is 6.41. The first-order chi connectivity index (χ1) is 15.5. The topological polar surface area (TPSA) is 58.0 Å². The fraction of sp³-hybridized carbons (Fsp3) is 0.429. The number of hydrogen-bond acceptors (Lipinski definition) is 4. The number of unbranched alkanes of at least 4 members (excludes halogenated alkanes) is 4. The van der Waals surface area contributed by atoms with Gasteiger partial charge in [0.15, 0.2) is 5.82 Å². The van der Waals surface area contributed by atoms with E-state index in [1.165, 1.54) is 43.2 Å². The number of aryl methyl sites for hydroxylation is 2. The van der Waals surface area contributed by atoms with Crippen molar-refractivity contribution < 1.29 is 5.11 Å². The van der Waals surface area contributed by atoms with Crippen LogP contribution in [0.5, 0.6) is 0 Å². The zero-order valence-electron chi connectivity index (χ0n) is 19.6. The summed E-state index contributed by atoms with van der Waals surface area (Å²) in [4.78, 5) is 10.0. The van der Waals surface area contributed by atoms with Crippen molar-refractivity contribution in [3.8, 4) is 22.5 Å². The number of aliphatic hydroxyl groups excluding tert-OH is 1. The number of nitrogens with zero attached hydrogens (tertiary/aromatic N) is 2. The second kappa shape index (κ2) is 10.3. The van der Waals surface area contributed by atoms with Crippen LogP contribution in [0.1, 0.15) is 74.8 Å². The minimum absolute atomic E-state index is 0.240. The Bertz CT molecular complexity index is 1030. The molecule has 4 nitrogen and oxygen atoms in total. The lowest BCUT2D eigenvalue weighted by molar-refractivity contribution is 0.148. The molecule has 0 radical (unpaired) electrons. The zero-order chi connectivity index (χ0) is 22.5. The molecule has 2 aromatic carbocycles. The Labute approximate surface area is 192 Å². The van der Waals surface area contributed by atoms with E-state index in [-0.39, 0.29) is 6.04 Å². The van der Waals surface area contributed by atoms with Crippen LogP contribution in [0.25, 0.3) is 22.5 Å². The number of benzene rings is 2. The van der Waals surface area contributed by atoms with Gasteiger partial charge in [-0.15, -0.1) is 0 Å². The van der Waals surface area contributed by atoms with E-state index < -0.39 is 6.10 Å². The van der Waals surface area contributed by atoms with E-state index in [9.17, 15) is 5.11 Å². The Morgan fingerprint density at radius 2 is 1.38 bits per heavy atom. The van der Waals surface area contributed by atoms with Crippen molar-refractivity contribution in [1.82, 2.24) is 9.97 Å². The average molecular weight is 430 g/mol.